The van der Waals surface area contributed by atoms with Gasteiger partial charge in [0.1, 0.15) is 0 Å². The van der Waals surface area contributed by atoms with E-state index in [0.717, 1.165) is 11.3 Å². The molecule has 0 saturated carbocycles. The van der Waals surface area contributed by atoms with E-state index in [2.05, 4.69) is 15.6 Å². The summed E-state index contributed by atoms with van der Waals surface area (Å²) in [5.41, 5.74) is 6.61. The number of nitrogens with one attached hydrogen (secondary N) is 1. The molecule has 1 aromatic carbocycles. The molecule has 112 valence electrons. The highest BCUT2D eigenvalue weighted by molar-refractivity contribution is 5.91. The first-order chi connectivity index (χ1) is 9.91. The molecule has 8 heteroatoms. The number of rotatable bonds is 5. The van der Waals surface area contributed by atoms with E-state index in [1.807, 2.05) is 25.1 Å². The van der Waals surface area contributed by atoms with Gasteiger partial charge in [-0.1, -0.05) is 17.3 Å². The van der Waals surface area contributed by atoms with E-state index in [0.29, 0.717) is 0 Å². The smallest absolute Gasteiger partial charge is 0.277 e. The zero-order valence-corrected chi connectivity index (χ0v) is 11.4. The first-order valence-corrected chi connectivity index (χ1v) is 6.27. The van der Waals surface area contributed by atoms with Crippen molar-refractivity contribution < 1.29 is 13.6 Å². The minimum Gasteiger partial charge on any atom is -0.344 e. The average molecular weight is 295 g/mol. The molecule has 0 aliphatic carbocycles. The van der Waals surface area contributed by atoms with E-state index < -0.39 is 24.9 Å². The fourth-order valence-corrected chi connectivity index (χ4v) is 1.64. The number of hydrogen-bond acceptors (Lipinski definition) is 4. The molecular formula is C13H15F2N5O. The largest absolute Gasteiger partial charge is 0.344 e. The maximum atomic E-state index is 13.0. The van der Waals surface area contributed by atoms with Crippen LogP contribution in [0, 0.1) is 6.92 Å². The van der Waals surface area contributed by atoms with Gasteiger partial charge >= 0.3 is 0 Å². The molecule has 21 heavy (non-hydrogen) atoms. The molecule has 1 heterocycles. The van der Waals surface area contributed by atoms with Crippen LogP contribution < -0.4 is 11.1 Å². The van der Waals surface area contributed by atoms with Crippen LogP contribution in [0.4, 0.5) is 8.78 Å². The van der Waals surface area contributed by atoms with Gasteiger partial charge in [0.15, 0.2) is 5.69 Å². The Hall–Kier alpha value is -2.35. The quantitative estimate of drug-likeness (QED) is 0.858. The van der Waals surface area contributed by atoms with Crippen LogP contribution in [0.15, 0.2) is 30.5 Å². The zero-order chi connectivity index (χ0) is 15.5. The van der Waals surface area contributed by atoms with Gasteiger partial charge in [0.2, 0.25) is 0 Å². The molecule has 2 aromatic rings. The molecule has 0 aliphatic heterocycles. The number of alkyl halides is 2. The van der Waals surface area contributed by atoms with Crippen LogP contribution in [0.3, 0.4) is 0 Å². The summed E-state index contributed by atoms with van der Waals surface area (Å²) in [7, 11) is 0. The maximum absolute atomic E-state index is 13.0. The first-order valence-electron chi connectivity index (χ1n) is 6.27. The van der Waals surface area contributed by atoms with Gasteiger partial charge in [-0.2, -0.15) is 0 Å². The molecule has 0 saturated heterocycles. The first kappa shape index (κ1) is 15.0. The van der Waals surface area contributed by atoms with E-state index in [4.69, 9.17) is 5.73 Å². The van der Waals surface area contributed by atoms with Crippen molar-refractivity contribution in [2.24, 2.45) is 5.73 Å². The highest BCUT2D eigenvalue weighted by atomic mass is 19.3. The van der Waals surface area contributed by atoms with Gasteiger partial charge in [-0.3, -0.25) is 4.79 Å². The molecule has 3 N–H and O–H groups in total. The average Bonchev–Trinajstić information content (AvgIpc) is 2.95. The number of halogens is 2. The fourth-order valence-electron chi connectivity index (χ4n) is 1.64. The summed E-state index contributed by atoms with van der Waals surface area (Å²) in [4.78, 5) is 11.7. The predicted octanol–water partition coefficient (Wildman–Crippen LogP) is 0.900. The second-order valence-corrected chi connectivity index (χ2v) is 4.63. The number of nitrogens with zero attached hydrogens (tertiary/aromatic N) is 3. The van der Waals surface area contributed by atoms with Crippen LogP contribution in [-0.2, 0) is 0 Å². The van der Waals surface area contributed by atoms with Crippen LogP contribution in [0.1, 0.15) is 16.1 Å². The zero-order valence-electron chi connectivity index (χ0n) is 11.4. The highest BCUT2D eigenvalue weighted by Gasteiger charge is 2.27. The highest BCUT2D eigenvalue weighted by Crippen LogP contribution is 2.11. The molecular weight excluding hydrogens is 280 g/mol. The Morgan fingerprint density at radius 1 is 1.48 bits per heavy atom. The van der Waals surface area contributed by atoms with Crippen LogP contribution in [0.25, 0.3) is 5.69 Å². The minimum atomic E-state index is -3.14. The Kier molecular flexibility index (Phi) is 4.27. The molecule has 6 nitrogen and oxygen atoms in total. The van der Waals surface area contributed by atoms with Crippen LogP contribution in [0.2, 0.25) is 0 Å². The third-order valence-electron chi connectivity index (χ3n) is 2.80. The van der Waals surface area contributed by atoms with E-state index in [-0.39, 0.29) is 5.69 Å². The summed E-state index contributed by atoms with van der Waals surface area (Å²) < 4.78 is 27.3. The van der Waals surface area contributed by atoms with Crippen LogP contribution >= 0.6 is 0 Å². The number of carbonyl (C=O) groups is 1. The van der Waals surface area contributed by atoms with E-state index in [1.54, 1.807) is 6.07 Å². The van der Waals surface area contributed by atoms with E-state index in [1.165, 1.54) is 10.9 Å². The Morgan fingerprint density at radius 3 is 2.90 bits per heavy atom. The molecule has 0 unspecified atom stereocenters. The minimum absolute atomic E-state index is 0.0377. The van der Waals surface area contributed by atoms with Crippen LogP contribution in [0.5, 0.6) is 0 Å². The monoisotopic (exact) mass is 295 g/mol. The Morgan fingerprint density at radius 2 is 2.24 bits per heavy atom. The number of aromatic nitrogens is 3. The van der Waals surface area contributed by atoms with Crippen LogP contribution in [-0.4, -0.2) is 39.9 Å². The van der Waals surface area contributed by atoms with Crippen molar-refractivity contribution in [2.75, 3.05) is 13.1 Å². The maximum Gasteiger partial charge on any atom is 0.277 e. The fraction of sp³-hybridized carbons (Fsp3) is 0.308. The van der Waals surface area contributed by atoms with Gasteiger partial charge in [-0.15, -0.1) is 5.10 Å². The molecule has 0 bridgehead atoms. The van der Waals surface area contributed by atoms with Crippen molar-refractivity contribution in [1.29, 1.82) is 0 Å². The molecule has 1 amide bonds. The lowest BCUT2D eigenvalue weighted by Gasteiger charge is -2.13. The molecule has 0 aliphatic rings. The molecule has 0 atom stereocenters. The Balaban J connectivity index is 2.08. The Bertz CT molecular complexity index is 641. The second kappa shape index (κ2) is 5.96. The van der Waals surface area contributed by atoms with Crippen molar-refractivity contribution in [1.82, 2.24) is 20.3 Å². The lowest BCUT2D eigenvalue weighted by molar-refractivity contribution is 0.0118. The summed E-state index contributed by atoms with van der Waals surface area (Å²) in [5.74, 6) is -3.86. The number of hydrogen-bond donors (Lipinski definition) is 2. The summed E-state index contributed by atoms with van der Waals surface area (Å²) in [6.07, 6.45) is 1.38. The molecule has 0 spiro atoms. The van der Waals surface area contributed by atoms with Crippen molar-refractivity contribution >= 4 is 5.91 Å². The van der Waals surface area contributed by atoms with Crippen molar-refractivity contribution in [3.63, 3.8) is 0 Å². The van der Waals surface area contributed by atoms with Gasteiger partial charge in [-0.25, -0.2) is 13.5 Å². The van der Waals surface area contributed by atoms with Crippen molar-refractivity contribution in [3.8, 4) is 5.69 Å². The van der Waals surface area contributed by atoms with Gasteiger partial charge in [0.05, 0.1) is 25.0 Å². The second-order valence-electron chi connectivity index (χ2n) is 4.63. The third-order valence-corrected chi connectivity index (χ3v) is 2.80. The summed E-state index contributed by atoms with van der Waals surface area (Å²) in [6.45, 7) is 0.256. The predicted molar refractivity (Wildman–Crippen MR) is 72.4 cm³/mol. The topological polar surface area (TPSA) is 85.8 Å². The summed E-state index contributed by atoms with van der Waals surface area (Å²) >= 11 is 0. The summed E-state index contributed by atoms with van der Waals surface area (Å²) in [5, 5.41) is 9.56. The number of nitrogens with two attached hydrogens (primary N) is 1. The Labute approximate surface area is 119 Å². The number of carbonyl (C=O) groups excluding carboxylic acids is 1. The standard InChI is InChI=1S/C13H15F2N5O/c1-9-3-2-4-10(5-9)20-6-11(18-19-20)12(21)17-8-13(14,15)7-16/h2-6H,7-8,16H2,1H3,(H,17,21). The number of aryl methyl sites for hydroxylation is 1. The normalized spacial score (nSPS) is 11.4. The molecule has 0 radical (unpaired) electrons. The van der Waals surface area contributed by atoms with Gasteiger partial charge in [0, 0.05) is 0 Å². The van der Waals surface area contributed by atoms with Crippen molar-refractivity contribution in [2.45, 2.75) is 12.8 Å². The number of benzene rings is 1. The third kappa shape index (κ3) is 3.82. The van der Waals surface area contributed by atoms with E-state index >= 15 is 0 Å². The van der Waals surface area contributed by atoms with Crippen molar-refractivity contribution in [3.05, 3.63) is 41.7 Å². The lowest BCUT2D eigenvalue weighted by Crippen LogP contribution is -2.41. The lowest BCUT2D eigenvalue weighted by atomic mass is 10.2. The SMILES string of the molecule is Cc1cccc(-n2cc(C(=O)NCC(F)(F)CN)nn2)c1. The summed E-state index contributed by atoms with van der Waals surface area (Å²) in [6, 6.07) is 7.42. The van der Waals surface area contributed by atoms with Gasteiger partial charge in [0.25, 0.3) is 11.8 Å². The molecule has 2 rings (SSSR count). The van der Waals surface area contributed by atoms with E-state index in [9.17, 15) is 13.6 Å². The van der Waals surface area contributed by atoms with Gasteiger partial charge in [-0.05, 0) is 24.6 Å². The number of amides is 1. The van der Waals surface area contributed by atoms with Gasteiger partial charge < -0.3 is 11.1 Å². The molecule has 1 aromatic heterocycles. The molecule has 0 fully saturated rings.